The molecule has 2 aromatic carbocycles. The standard InChI is InChI=1S/C19H21F2N3O3S2/c1-2-27-15-4-6-16(7-5-15)29(25,26)24-11-9-23(10-12-24)19(28)22-18-8-3-14(20)13-17(18)21/h3-8,13H,2,9-12H2,1H3,(H,22,28). The molecule has 3 rings (SSSR count). The number of rotatable bonds is 5. The van der Waals surface area contributed by atoms with Gasteiger partial charge in [0.15, 0.2) is 5.11 Å². The Hall–Kier alpha value is -2.30. The van der Waals surface area contributed by atoms with Crippen LogP contribution in [0.4, 0.5) is 14.5 Å². The molecule has 0 spiro atoms. The first-order chi connectivity index (χ1) is 13.8. The predicted octanol–water partition coefficient (Wildman–Crippen LogP) is 3.07. The minimum absolute atomic E-state index is 0.0702. The van der Waals surface area contributed by atoms with Crippen molar-refractivity contribution in [3.63, 3.8) is 0 Å². The van der Waals surface area contributed by atoms with Gasteiger partial charge in [-0.3, -0.25) is 0 Å². The lowest BCUT2D eigenvalue weighted by molar-refractivity contribution is 0.268. The second-order valence-corrected chi connectivity index (χ2v) is 8.67. The summed E-state index contributed by atoms with van der Waals surface area (Å²) < 4.78 is 59.2. The number of piperazine rings is 1. The molecule has 29 heavy (non-hydrogen) atoms. The Bertz CT molecular complexity index is 977. The highest BCUT2D eigenvalue weighted by atomic mass is 32.2. The summed E-state index contributed by atoms with van der Waals surface area (Å²) in [5.74, 6) is -0.808. The van der Waals surface area contributed by atoms with Crippen molar-refractivity contribution in [2.45, 2.75) is 11.8 Å². The molecular formula is C19H21F2N3O3S2. The molecule has 1 fully saturated rings. The zero-order valence-corrected chi connectivity index (χ0v) is 17.4. The first kappa shape index (κ1) is 21.4. The zero-order chi connectivity index (χ0) is 21.0. The summed E-state index contributed by atoms with van der Waals surface area (Å²) in [7, 11) is -3.63. The van der Waals surface area contributed by atoms with E-state index in [0.717, 1.165) is 12.1 Å². The average molecular weight is 442 g/mol. The minimum Gasteiger partial charge on any atom is -0.494 e. The van der Waals surface area contributed by atoms with E-state index in [1.54, 1.807) is 17.0 Å². The summed E-state index contributed by atoms with van der Waals surface area (Å²) in [5.41, 5.74) is 0.0702. The van der Waals surface area contributed by atoms with E-state index in [0.29, 0.717) is 25.4 Å². The fraction of sp³-hybridized carbons (Fsp3) is 0.316. The number of thiocarbonyl (C=S) groups is 1. The fourth-order valence-electron chi connectivity index (χ4n) is 2.94. The van der Waals surface area contributed by atoms with Gasteiger partial charge in [-0.1, -0.05) is 0 Å². The third-order valence-corrected chi connectivity index (χ3v) is 6.74. The van der Waals surface area contributed by atoms with Gasteiger partial charge in [-0.2, -0.15) is 4.31 Å². The highest BCUT2D eigenvalue weighted by Gasteiger charge is 2.29. The minimum atomic E-state index is -3.63. The van der Waals surface area contributed by atoms with Crippen LogP contribution in [0.15, 0.2) is 47.4 Å². The van der Waals surface area contributed by atoms with Gasteiger partial charge in [0.2, 0.25) is 10.0 Å². The SMILES string of the molecule is CCOc1ccc(S(=O)(=O)N2CCN(C(=S)Nc3ccc(F)cc3F)CC2)cc1. The molecule has 0 aliphatic carbocycles. The highest BCUT2D eigenvalue weighted by molar-refractivity contribution is 7.89. The lowest BCUT2D eigenvalue weighted by atomic mass is 10.3. The van der Waals surface area contributed by atoms with Crippen LogP contribution in [0.25, 0.3) is 0 Å². The van der Waals surface area contributed by atoms with Crippen LogP contribution >= 0.6 is 12.2 Å². The van der Waals surface area contributed by atoms with E-state index in [1.807, 2.05) is 6.92 Å². The van der Waals surface area contributed by atoms with Crippen molar-refractivity contribution in [3.8, 4) is 5.75 Å². The molecular weight excluding hydrogens is 420 g/mol. The number of sulfonamides is 1. The third kappa shape index (κ3) is 5.01. The van der Waals surface area contributed by atoms with Gasteiger partial charge in [0, 0.05) is 32.2 Å². The number of nitrogens with zero attached hydrogens (tertiary/aromatic N) is 2. The highest BCUT2D eigenvalue weighted by Crippen LogP contribution is 2.21. The lowest BCUT2D eigenvalue weighted by Gasteiger charge is -2.35. The maximum atomic E-state index is 13.8. The molecule has 1 heterocycles. The van der Waals surface area contributed by atoms with Crippen LogP contribution in [-0.2, 0) is 10.0 Å². The van der Waals surface area contributed by atoms with Gasteiger partial charge in [0.25, 0.3) is 0 Å². The first-order valence-electron chi connectivity index (χ1n) is 9.05. The smallest absolute Gasteiger partial charge is 0.243 e. The van der Waals surface area contributed by atoms with Gasteiger partial charge in [-0.25, -0.2) is 17.2 Å². The summed E-state index contributed by atoms with van der Waals surface area (Å²) in [5, 5.41) is 3.00. The number of hydrogen-bond acceptors (Lipinski definition) is 4. The Kier molecular flexibility index (Phi) is 6.66. The Morgan fingerprint density at radius 2 is 1.76 bits per heavy atom. The van der Waals surface area contributed by atoms with Crippen molar-refractivity contribution >= 4 is 33.0 Å². The van der Waals surface area contributed by atoms with Gasteiger partial charge < -0.3 is 15.0 Å². The summed E-state index contributed by atoms with van der Waals surface area (Å²) >= 11 is 5.29. The molecule has 0 radical (unpaired) electrons. The normalized spacial score (nSPS) is 15.2. The van der Waals surface area contributed by atoms with Crippen molar-refractivity contribution in [2.75, 3.05) is 38.1 Å². The molecule has 0 bridgehead atoms. The molecule has 0 saturated carbocycles. The Labute approximate surface area is 174 Å². The topological polar surface area (TPSA) is 61.9 Å². The van der Waals surface area contributed by atoms with E-state index in [4.69, 9.17) is 17.0 Å². The summed E-state index contributed by atoms with van der Waals surface area (Å²) in [6, 6.07) is 9.48. The summed E-state index contributed by atoms with van der Waals surface area (Å²) in [6.07, 6.45) is 0. The van der Waals surface area contributed by atoms with Gasteiger partial charge in [-0.05, 0) is 55.5 Å². The van der Waals surface area contributed by atoms with Crippen LogP contribution in [-0.4, -0.2) is 55.5 Å². The Morgan fingerprint density at radius 1 is 1.10 bits per heavy atom. The van der Waals surface area contributed by atoms with Gasteiger partial charge in [0.05, 0.1) is 17.2 Å². The quantitative estimate of drug-likeness (QED) is 0.720. The maximum absolute atomic E-state index is 13.8. The second-order valence-electron chi connectivity index (χ2n) is 6.35. The van der Waals surface area contributed by atoms with E-state index >= 15 is 0 Å². The molecule has 1 aliphatic heterocycles. The van der Waals surface area contributed by atoms with Crippen LogP contribution in [0.2, 0.25) is 0 Å². The van der Waals surface area contributed by atoms with Crippen molar-refractivity contribution in [2.24, 2.45) is 0 Å². The van der Waals surface area contributed by atoms with Crippen molar-refractivity contribution in [1.82, 2.24) is 9.21 Å². The van der Waals surface area contributed by atoms with E-state index in [-0.39, 0.29) is 28.8 Å². The fourth-order valence-corrected chi connectivity index (χ4v) is 4.65. The number of ether oxygens (including phenoxy) is 1. The summed E-state index contributed by atoms with van der Waals surface area (Å²) in [6.45, 7) is 3.54. The number of halogens is 2. The van der Waals surface area contributed by atoms with Gasteiger partial charge in [-0.15, -0.1) is 0 Å². The van der Waals surface area contributed by atoms with Crippen LogP contribution in [0.5, 0.6) is 5.75 Å². The maximum Gasteiger partial charge on any atom is 0.243 e. The van der Waals surface area contributed by atoms with Crippen LogP contribution < -0.4 is 10.1 Å². The van der Waals surface area contributed by atoms with E-state index in [1.165, 1.54) is 22.5 Å². The molecule has 1 N–H and O–H groups in total. The summed E-state index contributed by atoms with van der Waals surface area (Å²) in [4.78, 5) is 1.95. The molecule has 1 aliphatic rings. The van der Waals surface area contributed by atoms with E-state index in [2.05, 4.69) is 5.32 Å². The Balaban J connectivity index is 1.61. The van der Waals surface area contributed by atoms with E-state index in [9.17, 15) is 17.2 Å². The molecule has 10 heteroatoms. The van der Waals surface area contributed by atoms with Crippen molar-refractivity contribution < 1.29 is 21.9 Å². The third-order valence-electron chi connectivity index (χ3n) is 4.47. The largest absolute Gasteiger partial charge is 0.494 e. The van der Waals surface area contributed by atoms with Crippen molar-refractivity contribution in [3.05, 3.63) is 54.1 Å². The van der Waals surface area contributed by atoms with Gasteiger partial charge >= 0.3 is 0 Å². The van der Waals surface area contributed by atoms with Crippen LogP contribution in [0.1, 0.15) is 6.92 Å². The molecule has 2 aromatic rings. The van der Waals surface area contributed by atoms with E-state index < -0.39 is 21.7 Å². The average Bonchev–Trinajstić information content (AvgIpc) is 2.71. The predicted molar refractivity (Wildman–Crippen MR) is 111 cm³/mol. The van der Waals surface area contributed by atoms with Crippen molar-refractivity contribution in [1.29, 1.82) is 0 Å². The molecule has 0 aromatic heterocycles. The van der Waals surface area contributed by atoms with Crippen LogP contribution in [0, 0.1) is 11.6 Å². The molecule has 1 saturated heterocycles. The second kappa shape index (κ2) is 9.02. The number of anilines is 1. The zero-order valence-electron chi connectivity index (χ0n) is 15.8. The molecule has 0 unspecified atom stereocenters. The molecule has 6 nitrogen and oxygen atoms in total. The Morgan fingerprint density at radius 3 is 2.34 bits per heavy atom. The number of hydrogen-bond donors (Lipinski definition) is 1. The first-order valence-corrected chi connectivity index (χ1v) is 10.9. The lowest BCUT2D eigenvalue weighted by Crippen LogP contribution is -2.51. The molecule has 0 atom stereocenters. The molecule has 0 amide bonds. The monoisotopic (exact) mass is 441 g/mol. The van der Waals surface area contributed by atoms with Crippen LogP contribution in [0.3, 0.4) is 0 Å². The number of nitrogens with one attached hydrogen (secondary N) is 1. The van der Waals surface area contributed by atoms with Gasteiger partial charge in [0.1, 0.15) is 17.4 Å². The number of benzene rings is 2. The molecule has 156 valence electrons.